The number of aldehydes is 1. The van der Waals surface area contributed by atoms with Crippen molar-refractivity contribution in [2.75, 3.05) is 0 Å². The Balaban J connectivity index is 1.91. The van der Waals surface area contributed by atoms with E-state index in [9.17, 15) is 18.0 Å². The molecule has 0 N–H and O–H groups in total. The molecule has 0 unspecified atom stereocenters. The first-order chi connectivity index (χ1) is 10.5. The molecule has 2 nitrogen and oxygen atoms in total. The van der Waals surface area contributed by atoms with E-state index in [0.29, 0.717) is 12.1 Å². The number of halogens is 3. The number of hydrogen-bond acceptors (Lipinski definition) is 1. The van der Waals surface area contributed by atoms with E-state index in [0.717, 1.165) is 34.9 Å². The normalized spacial score (nSPS) is 11.8. The van der Waals surface area contributed by atoms with Gasteiger partial charge in [-0.2, -0.15) is 13.2 Å². The highest BCUT2D eigenvalue weighted by Crippen LogP contribution is 2.29. The number of aromatic nitrogens is 1. The first-order valence-electron chi connectivity index (χ1n) is 6.67. The standard InChI is InChI=1S/C17H12F3NO/c18-17(19,20)15-5-2-12(3-6-15)10-21-8-7-14-4-1-13(11-22)9-16(14)21/h1-9,11H,10H2. The molecule has 0 aliphatic heterocycles. The highest BCUT2D eigenvalue weighted by atomic mass is 19.4. The van der Waals surface area contributed by atoms with E-state index < -0.39 is 11.7 Å². The Morgan fingerprint density at radius 3 is 2.36 bits per heavy atom. The summed E-state index contributed by atoms with van der Waals surface area (Å²) in [5, 5.41) is 0.984. The van der Waals surface area contributed by atoms with E-state index in [1.54, 1.807) is 12.1 Å². The summed E-state index contributed by atoms with van der Waals surface area (Å²) in [5.74, 6) is 0. The maximum atomic E-state index is 12.6. The SMILES string of the molecule is O=Cc1ccc2ccn(Cc3ccc(C(F)(F)F)cc3)c2c1. The van der Waals surface area contributed by atoms with E-state index in [1.807, 2.05) is 22.9 Å². The number of carbonyl (C=O) groups is 1. The number of rotatable bonds is 3. The fraction of sp³-hybridized carbons (Fsp3) is 0.118. The van der Waals surface area contributed by atoms with Gasteiger partial charge in [0.15, 0.2) is 0 Å². The van der Waals surface area contributed by atoms with Crippen LogP contribution in [0.4, 0.5) is 13.2 Å². The Morgan fingerprint density at radius 2 is 1.73 bits per heavy atom. The number of alkyl halides is 3. The second kappa shape index (κ2) is 5.33. The van der Waals surface area contributed by atoms with Crippen LogP contribution in [-0.4, -0.2) is 10.9 Å². The molecule has 5 heteroatoms. The van der Waals surface area contributed by atoms with Crippen molar-refractivity contribution in [1.82, 2.24) is 4.57 Å². The molecule has 1 heterocycles. The number of hydrogen-bond donors (Lipinski definition) is 0. The van der Waals surface area contributed by atoms with Crippen LogP contribution in [0.1, 0.15) is 21.5 Å². The van der Waals surface area contributed by atoms with Crippen LogP contribution in [0.5, 0.6) is 0 Å². The number of benzene rings is 2. The van der Waals surface area contributed by atoms with Gasteiger partial charge in [0.2, 0.25) is 0 Å². The van der Waals surface area contributed by atoms with E-state index in [4.69, 9.17) is 0 Å². The number of fused-ring (bicyclic) bond motifs is 1. The molecule has 0 atom stereocenters. The maximum Gasteiger partial charge on any atom is 0.416 e. The van der Waals surface area contributed by atoms with Crippen LogP contribution < -0.4 is 0 Å². The van der Waals surface area contributed by atoms with Gasteiger partial charge in [0.25, 0.3) is 0 Å². The molecule has 0 fully saturated rings. The largest absolute Gasteiger partial charge is 0.416 e. The Hall–Kier alpha value is -2.56. The molecule has 3 rings (SSSR count). The predicted molar refractivity (Wildman–Crippen MR) is 77.9 cm³/mol. The van der Waals surface area contributed by atoms with Crippen molar-refractivity contribution in [3.63, 3.8) is 0 Å². The third-order valence-corrected chi connectivity index (χ3v) is 3.57. The number of carbonyl (C=O) groups excluding carboxylic acids is 1. The van der Waals surface area contributed by atoms with Gasteiger partial charge < -0.3 is 4.57 Å². The van der Waals surface area contributed by atoms with Gasteiger partial charge in [-0.05, 0) is 35.2 Å². The van der Waals surface area contributed by atoms with Crippen LogP contribution in [-0.2, 0) is 12.7 Å². The molecule has 1 aromatic heterocycles. The van der Waals surface area contributed by atoms with Crippen LogP contribution in [0.3, 0.4) is 0 Å². The van der Waals surface area contributed by atoms with Crippen LogP contribution in [0.15, 0.2) is 54.7 Å². The summed E-state index contributed by atoms with van der Waals surface area (Å²) in [6.07, 6.45) is -1.69. The van der Waals surface area contributed by atoms with Crippen molar-refractivity contribution >= 4 is 17.2 Å². The minimum absolute atomic E-state index is 0.448. The van der Waals surface area contributed by atoms with E-state index in [1.165, 1.54) is 12.1 Å². The first kappa shape index (κ1) is 14.4. The zero-order valence-electron chi connectivity index (χ0n) is 11.5. The second-order valence-corrected chi connectivity index (χ2v) is 5.07. The highest BCUT2D eigenvalue weighted by molar-refractivity contribution is 5.87. The summed E-state index contributed by atoms with van der Waals surface area (Å²) in [6, 6.07) is 12.4. The average molecular weight is 303 g/mol. The molecule has 0 spiro atoms. The second-order valence-electron chi connectivity index (χ2n) is 5.07. The summed E-state index contributed by atoms with van der Waals surface area (Å²) in [4.78, 5) is 10.9. The van der Waals surface area contributed by atoms with Crippen molar-refractivity contribution in [2.45, 2.75) is 12.7 Å². The molecule has 3 aromatic rings. The smallest absolute Gasteiger partial charge is 0.343 e. The van der Waals surface area contributed by atoms with Gasteiger partial charge >= 0.3 is 6.18 Å². The van der Waals surface area contributed by atoms with Crippen molar-refractivity contribution in [2.24, 2.45) is 0 Å². The summed E-state index contributed by atoms with van der Waals surface area (Å²) >= 11 is 0. The third kappa shape index (κ3) is 2.74. The highest BCUT2D eigenvalue weighted by Gasteiger charge is 2.29. The molecule has 0 aliphatic rings. The molecule has 0 bridgehead atoms. The Morgan fingerprint density at radius 1 is 1.00 bits per heavy atom. The molecule has 0 radical (unpaired) electrons. The van der Waals surface area contributed by atoms with E-state index in [2.05, 4.69) is 0 Å². The maximum absolute atomic E-state index is 12.6. The van der Waals surface area contributed by atoms with Crippen LogP contribution in [0.2, 0.25) is 0 Å². The minimum Gasteiger partial charge on any atom is -0.343 e. The van der Waals surface area contributed by atoms with Crippen molar-refractivity contribution < 1.29 is 18.0 Å². The van der Waals surface area contributed by atoms with Gasteiger partial charge in [-0.15, -0.1) is 0 Å². The lowest BCUT2D eigenvalue weighted by Crippen LogP contribution is -2.05. The van der Waals surface area contributed by atoms with Crippen LogP contribution >= 0.6 is 0 Å². The first-order valence-corrected chi connectivity index (χ1v) is 6.67. The summed E-state index contributed by atoms with van der Waals surface area (Å²) in [7, 11) is 0. The lowest BCUT2D eigenvalue weighted by molar-refractivity contribution is -0.137. The molecule has 0 aliphatic carbocycles. The lowest BCUT2D eigenvalue weighted by atomic mass is 10.1. The molecule has 0 saturated carbocycles. The predicted octanol–water partition coefficient (Wildman–Crippen LogP) is 4.52. The summed E-state index contributed by atoms with van der Waals surface area (Å²) < 4.78 is 39.6. The van der Waals surface area contributed by atoms with Gasteiger partial charge in [-0.25, -0.2) is 0 Å². The number of nitrogens with zero attached hydrogens (tertiary/aromatic N) is 1. The average Bonchev–Trinajstić information content (AvgIpc) is 2.89. The Kier molecular flexibility index (Phi) is 3.48. The zero-order chi connectivity index (χ0) is 15.7. The fourth-order valence-corrected chi connectivity index (χ4v) is 2.41. The fourth-order valence-electron chi connectivity index (χ4n) is 2.41. The molecule has 22 heavy (non-hydrogen) atoms. The van der Waals surface area contributed by atoms with Gasteiger partial charge in [0.05, 0.1) is 5.56 Å². The zero-order valence-corrected chi connectivity index (χ0v) is 11.5. The van der Waals surface area contributed by atoms with Gasteiger partial charge in [0.1, 0.15) is 6.29 Å². The Labute approximate surface area is 124 Å². The van der Waals surface area contributed by atoms with Crippen molar-refractivity contribution in [3.8, 4) is 0 Å². The van der Waals surface area contributed by atoms with Crippen molar-refractivity contribution in [1.29, 1.82) is 0 Å². The summed E-state index contributed by atoms with van der Waals surface area (Å²) in [5.41, 5.74) is 1.56. The van der Waals surface area contributed by atoms with E-state index in [-0.39, 0.29) is 0 Å². The van der Waals surface area contributed by atoms with Crippen LogP contribution in [0.25, 0.3) is 10.9 Å². The molecule has 0 amide bonds. The van der Waals surface area contributed by atoms with Crippen LogP contribution in [0, 0.1) is 0 Å². The van der Waals surface area contributed by atoms with Crippen molar-refractivity contribution in [3.05, 3.63) is 71.4 Å². The van der Waals surface area contributed by atoms with Gasteiger partial charge in [0, 0.05) is 23.8 Å². The molecular formula is C17H12F3NO. The molecule has 112 valence electrons. The molecule has 2 aromatic carbocycles. The lowest BCUT2D eigenvalue weighted by Gasteiger charge is -2.09. The molecular weight excluding hydrogens is 291 g/mol. The Bertz CT molecular complexity index is 816. The summed E-state index contributed by atoms with van der Waals surface area (Å²) in [6.45, 7) is 0.448. The van der Waals surface area contributed by atoms with Gasteiger partial charge in [-0.1, -0.05) is 24.3 Å². The monoisotopic (exact) mass is 303 g/mol. The third-order valence-electron chi connectivity index (χ3n) is 3.57. The van der Waals surface area contributed by atoms with E-state index >= 15 is 0 Å². The molecule has 0 saturated heterocycles. The van der Waals surface area contributed by atoms with Gasteiger partial charge in [-0.3, -0.25) is 4.79 Å². The quantitative estimate of drug-likeness (QED) is 0.652. The minimum atomic E-state index is -4.32. The topological polar surface area (TPSA) is 22.0 Å².